The van der Waals surface area contributed by atoms with Crippen LogP contribution in [0, 0.1) is 0 Å². The smallest absolute Gasteiger partial charge is 0.124 e. The van der Waals surface area contributed by atoms with Crippen LogP contribution >= 0.6 is 0 Å². The Kier molecular flexibility index (Phi) is 4.83. The van der Waals surface area contributed by atoms with E-state index in [1.165, 1.54) is 19.3 Å². The van der Waals surface area contributed by atoms with Crippen LogP contribution in [0.25, 0.3) is 0 Å². The van der Waals surface area contributed by atoms with Crippen LogP contribution in [-0.2, 0) is 11.3 Å². The highest BCUT2D eigenvalue weighted by Crippen LogP contribution is 2.18. The van der Waals surface area contributed by atoms with Crippen LogP contribution < -0.4 is 10.1 Å². The van der Waals surface area contributed by atoms with E-state index < -0.39 is 0 Å². The molecule has 0 spiro atoms. The summed E-state index contributed by atoms with van der Waals surface area (Å²) in [5.41, 5.74) is 1.12. The zero-order valence-corrected chi connectivity index (χ0v) is 10.4. The van der Waals surface area contributed by atoms with Crippen LogP contribution in [0.4, 0.5) is 0 Å². The maximum Gasteiger partial charge on any atom is 0.124 e. The van der Waals surface area contributed by atoms with Gasteiger partial charge in [0.25, 0.3) is 0 Å². The van der Waals surface area contributed by atoms with Crippen LogP contribution in [0.2, 0.25) is 0 Å². The van der Waals surface area contributed by atoms with Crippen LogP contribution in [0.1, 0.15) is 24.8 Å². The Morgan fingerprint density at radius 1 is 1.29 bits per heavy atom. The second-order valence-corrected chi connectivity index (χ2v) is 4.47. The maximum atomic E-state index is 5.76. The van der Waals surface area contributed by atoms with E-state index in [1.54, 1.807) is 7.11 Å². The molecule has 0 radical (unpaired) electrons. The number of benzene rings is 1. The van der Waals surface area contributed by atoms with Crippen molar-refractivity contribution in [1.82, 2.24) is 5.32 Å². The molecule has 1 aliphatic rings. The van der Waals surface area contributed by atoms with Gasteiger partial charge in [-0.3, -0.25) is 0 Å². The van der Waals surface area contributed by atoms with Gasteiger partial charge in [-0.1, -0.05) is 24.6 Å². The average Bonchev–Trinajstić information content (AvgIpc) is 2.40. The van der Waals surface area contributed by atoms with Crippen molar-refractivity contribution < 1.29 is 9.47 Å². The Hall–Kier alpha value is -1.06. The van der Waals surface area contributed by atoms with Crippen molar-refractivity contribution in [3.8, 4) is 5.75 Å². The van der Waals surface area contributed by atoms with Crippen LogP contribution in [-0.4, -0.2) is 26.3 Å². The van der Waals surface area contributed by atoms with E-state index in [1.807, 2.05) is 24.3 Å². The molecule has 1 aliphatic heterocycles. The first kappa shape index (κ1) is 12.4. The minimum atomic E-state index is 0.526. The number of ether oxygens (including phenoxy) is 2. The van der Waals surface area contributed by atoms with E-state index in [0.717, 1.165) is 24.5 Å². The van der Waals surface area contributed by atoms with Crippen molar-refractivity contribution in [3.05, 3.63) is 29.8 Å². The lowest BCUT2D eigenvalue weighted by molar-refractivity contribution is 0.0897. The molecule has 1 heterocycles. The standard InChI is InChI=1S/C14H21NO2/c1-16-14-8-3-2-6-12(14)10-17-11-13-7-4-5-9-15-13/h2-3,6,8,13,15H,4-5,7,9-11H2,1H3. The van der Waals surface area contributed by atoms with Crippen LogP contribution in [0.3, 0.4) is 0 Å². The van der Waals surface area contributed by atoms with Gasteiger partial charge in [-0.2, -0.15) is 0 Å². The zero-order chi connectivity index (χ0) is 11.9. The van der Waals surface area contributed by atoms with E-state index in [0.29, 0.717) is 12.6 Å². The van der Waals surface area contributed by atoms with Gasteiger partial charge in [-0.25, -0.2) is 0 Å². The lowest BCUT2D eigenvalue weighted by Gasteiger charge is -2.23. The first-order valence-corrected chi connectivity index (χ1v) is 6.33. The highest BCUT2D eigenvalue weighted by Gasteiger charge is 2.12. The van der Waals surface area contributed by atoms with Crippen molar-refractivity contribution in [2.45, 2.75) is 31.9 Å². The highest BCUT2D eigenvalue weighted by atomic mass is 16.5. The molecule has 17 heavy (non-hydrogen) atoms. The number of rotatable bonds is 5. The zero-order valence-electron chi connectivity index (χ0n) is 10.4. The van der Waals surface area contributed by atoms with Gasteiger partial charge in [0.1, 0.15) is 5.75 Å². The summed E-state index contributed by atoms with van der Waals surface area (Å²) < 4.78 is 11.1. The van der Waals surface area contributed by atoms with Gasteiger partial charge in [0.2, 0.25) is 0 Å². The van der Waals surface area contributed by atoms with Crippen molar-refractivity contribution in [1.29, 1.82) is 0 Å². The van der Waals surface area contributed by atoms with E-state index in [9.17, 15) is 0 Å². The van der Waals surface area contributed by atoms with Gasteiger partial charge in [-0.05, 0) is 25.5 Å². The van der Waals surface area contributed by atoms with E-state index in [-0.39, 0.29) is 0 Å². The second kappa shape index (κ2) is 6.62. The summed E-state index contributed by atoms with van der Waals surface area (Å²) in [5.74, 6) is 0.907. The Morgan fingerprint density at radius 3 is 2.94 bits per heavy atom. The topological polar surface area (TPSA) is 30.5 Å². The third-order valence-corrected chi connectivity index (χ3v) is 3.18. The van der Waals surface area contributed by atoms with Gasteiger partial charge < -0.3 is 14.8 Å². The first-order valence-electron chi connectivity index (χ1n) is 6.33. The molecule has 1 N–H and O–H groups in total. The van der Waals surface area contributed by atoms with Crippen LogP contribution in [0.15, 0.2) is 24.3 Å². The van der Waals surface area contributed by atoms with Crippen molar-refractivity contribution in [2.75, 3.05) is 20.3 Å². The van der Waals surface area contributed by atoms with Crippen LogP contribution in [0.5, 0.6) is 5.75 Å². The molecule has 0 aliphatic carbocycles. The molecule has 1 atom stereocenters. The summed E-state index contributed by atoms with van der Waals surface area (Å²) in [6.45, 7) is 2.54. The largest absolute Gasteiger partial charge is 0.496 e. The second-order valence-electron chi connectivity index (χ2n) is 4.47. The maximum absolute atomic E-state index is 5.76. The van der Waals surface area contributed by atoms with Gasteiger partial charge >= 0.3 is 0 Å². The Morgan fingerprint density at radius 2 is 2.18 bits per heavy atom. The fourth-order valence-corrected chi connectivity index (χ4v) is 2.20. The van der Waals surface area contributed by atoms with E-state index >= 15 is 0 Å². The summed E-state index contributed by atoms with van der Waals surface area (Å²) in [5, 5.41) is 3.48. The SMILES string of the molecule is COc1ccccc1COCC1CCCCN1. The summed E-state index contributed by atoms with van der Waals surface area (Å²) in [6.07, 6.45) is 3.84. The molecule has 0 aromatic heterocycles. The van der Waals surface area contributed by atoms with E-state index in [4.69, 9.17) is 9.47 Å². The first-order chi connectivity index (χ1) is 8.40. The van der Waals surface area contributed by atoms with Gasteiger partial charge in [-0.15, -0.1) is 0 Å². The number of methoxy groups -OCH3 is 1. The molecular formula is C14H21NO2. The van der Waals surface area contributed by atoms with Crippen molar-refractivity contribution in [2.24, 2.45) is 0 Å². The molecule has 1 aromatic rings. The third kappa shape index (κ3) is 3.72. The molecular weight excluding hydrogens is 214 g/mol. The third-order valence-electron chi connectivity index (χ3n) is 3.18. The molecule has 0 amide bonds. The molecule has 0 saturated carbocycles. The summed E-state index contributed by atoms with van der Waals surface area (Å²) in [4.78, 5) is 0. The minimum Gasteiger partial charge on any atom is -0.496 e. The summed E-state index contributed by atoms with van der Waals surface area (Å²) in [6, 6.07) is 8.54. The highest BCUT2D eigenvalue weighted by molar-refractivity contribution is 5.32. The molecule has 3 heteroatoms. The molecule has 94 valence electrons. The Labute approximate surface area is 103 Å². The lowest BCUT2D eigenvalue weighted by atomic mass is 10.1. The number of hydrogen-bond donors (Lipinski definition) is 1. The minimum absolute atomic E-state index is 0.526. The van der Waals surface area contributed by atoms with Crippen molar-refractivity contribution >= 4 is 0 Å². The normalized spacial score (nSPS) is 20.2. The fraction of sp³-hybridized carbons (Fsp3) is 0.571. The van der Waals surface area contributed by atoms with E-state index in [2.05, 4.69) is 5.32 Å². The Bertz CT molecular complexity index is 335. The van der Waals surface area contributed by atoms with Crippen molar-refractivity contribution in [3.63, 3.8) is 0 Å². The molecule has 1 saturated heterocycles. The molecule has 0 bridgehead atoms. The van der Waals surface area contributed by atoms with Gasteiger partial charge in [0.05, 0.1) is 20.3 Å². The fourth-order valence-electron chi connectivity index (χ4n) is 2.20. The molecule has 3 nitrogen and oxygen atoms in total. The molecule has 2 rings (SSSR count). The monoisotopic (exact) mass is 235 g/mol. The molecule has 1 unspecified atom stereocenters. The average molecular weight is 235 g/mol. The summed E-state index contributed by atoms with van der Waals surface area (Å²) >= 11 is 0. The number of hydrogen-bond acceptors (Lipinski definition) is 3. The van der Waals surface area contributed by atoms with Gasteiger partial charge in [0.15, 0.2) is 0 Å². The molecule has 1 fully saturated rings. The predicted molar refractivity (Wildman–Crippen MR) is 68.3 cm³/mol. The quantitative estimate of drug-likeness (QED) is 0.850. The number of para-hydroxylation sites is 1. The Balaban J connectivity index is 1.77. The summed E-state index contributed by atoms with van der Waals surface area (Å²) in [7, 11) is 1.70. The number of piperidine rings is 1. The van der Waals surface area contributed by atoms with Gasteiger partial charge in [0, 0.05) is 11.6 Å². The molecule has 1 aromatic carbocycles. The number of nitrogens with one attached hydrogen (secondary N) is 1. The predicted octanol–water partition coefficient (Wildman–Crippen LogP) is 2.35. The lowest BCUT2D eigenvalue weighted by Crippen LogP contribution is -2.37.